The third-order valence-corrected chi connectivity index (χ3v) is 3.82. The lowest BCUT2D eigenvalue weighted by Gasteiger charge is -2.28. The number of carboxylic acids is 1. The van der Waals surface area contributed by atoms with Crippen molar-refractivity contribution in [3.8, 4) is 0 Å². The van der Waals surface area contributed by atoms with E-state index < -0.39 is 11.4 Å². The summed E-state index contributed by atoms with van der Waals surface area (Å²) in [6.45, 7) is 9.72. The van der Waals surface area contributed by atoms with E-state index in [2.05, 4.69) is 5.32 Å². The molecular formula is C13H25NO3. The smallest absolute Gasteiger partial charge is 0.311 e. The average Bonchev–Trinajstić information content (AvgIpc) is 2.29. The van der Waals surface area contributed by atoms with Crippen LogP contribution in [0.4, 0.5) is 0 Å². The highest BCUT2D eigenvalue weighted by Crippen LogP contribution is 2.26. The first-order valence-electron chi connectivity index (χ1n) is 6.31. The Morgan fingerprint density at radius 2 is 1.65 bits per heavy atom. The van der Waals surface area contributed by atoms with E-state index in [-0.39, 0.29) is 24.3 Å². The fourth-order valence-corrected chi connectivity index (χ4v) is 1.60. The number of nitrogens with one attached hydrogen (secondary N) is 1. The van der Waals surface area contributed by atoms with Crippen molar-refractivity contribution in [3.05, 3.63) is 0 Å². The zero-order chi connectivity index (χ0) is 13.6. The minimum atomic E-state index is -0.833. The highest BCUT2D eigenvalue weighted by atomic mass is 16.4. The molecule has 0 bridgehead atoms. The van der Waals surface area contributed by atoms with Gasteiger partial charge in [0.1, 0.15) is 0 Å². The SMILES string of the molecule is CCC(CC)(CNC(=O)C(C)C(C)C)C(=O)O. The molecule has 17 heavy (non-hydrogen) atoms. The van der Waals surface area contributed by atoms with Crippen molar-refractivity contribution in [2.45, 2.75) is 47.5 Å². The van der Waals surface area contributed by atoms with E-state index in [9.17, 15) is 14.7 Å². The van der Waals surface area contributed by atoms with Gasteiger partial charge in [0.15, 0.2) is 0 Å². The second-order valence-electron chi connectivity index (χ2n) is 5.04. The molecule has 1 atom stereocenters. The molecule has 0 rings (SSSR count). The molecule has 1 unspecified atom stereocenters. The van der Waals surface area contributed by atoms with Crippen LogP contribution >= 0.6 is 0 Å². The molecule has 0 aromatic rings. The highest BCUT2D eigenvalue weighted by Gasteiger charge is 2.35. The van der Waals surface area contributed by atoms with Gasteiger partial charge >= 0.3 is 5.97 Å². The molecule has 0 saturated carbocycles. The average molecular weight is 243 g/mol. The van der Waals surface area contributed by atoms with Crippen molar-refractivity contribution in [1.82, 2.24) is 5.32 Å². The summed E-state index contributed by atoms with van der Waals surface area (Å²) in [5, 5.41) is 12.0. The predicted molar refractivity (Wildman–Crippen MR) is 67.7 cm³/mol. The van der Waals surface area contributed by atoms with Gasteiger partial charge in [-0.15, -0.1) is 0 Å². The number of hydrogen-bond acceptors (Lipinski definition) is 2. The molecule has 0 fully saturated rings. The van der Waals surface area contributed by atoms with Crippen molar-refractivity contribution in [1.29, 1.82) is 0 Å². The van der Waals surface area contributed by atoms with E-state index >= 15 is 0 Å². The maximum absolute atomic E-state index is 11.8. The standard InChI is InChI=1S/C13H25NO3/c1-6-13(7-2,12(16)17)8-14-11(15)10(5)9(3)4/h9-10H,6-8H2,1-5H3,(H,14,15)(H,16,17). The lowest BCUT2D eigenvalue weighted by Crippen LogP contribution is -2.44. The number of carbonyl (C=O) groups is 2. The Labute approximate surface area is 104 Å². The zero-order valence-corrected chi connectivity index (χ0v) is 11.5. The normalized spacial score (nSPS) is 13.5. The topological polar surface area (TPSA) is 66.4 Å². The van der Waals surface area contributed by atoms with Gasteiger partial charge in [0.05, 0.1) is 5.41 Å². The molecule has 0 aromatic heterocycles. The van der Waals surface area contributed by atoms with Gasteiger partial charge in [-0.1, -0.05) is 34.6 Å². The number of amides is 1. The fourth-order valence-electron chi connectivity index (χ4n) is 1.60. The van der Waals surface area contributed by atoms with Gasteiger partial charge in [0, 0.05) is 12.5 Å². The van der Waals surface area contributed by atoms with Crippen molar-refractivity contribution in [2.75, 3.05) is 6.54 Å². The summed E-state index contributed by atoms with van der Waals surface area (Å²) in [6.07, 6.45) is 1.05. The molecule has 1 amide bonds. The molecule has 0 aliphatic heterocycles. The Balaban J connectivity index is 4.52. The van der Waals surface area contributed by atoms with E-state index in [1.165, 1.54) is 0 Å². The molecule has 0 spiro atoms. The molecule has 100 valence electrons. The van der Waals surface area contributed by atoms with Gasteiger partial charge in [-0.2, -0.15) is 0 Å². The molecule has 0 saturated heterocycles. The number of carbonyl (C=O) groups excluding carboxylic acids is 1. The van der Waals surface area contributed by atoms with Gasteiger partial charge in [0.25, 0.3) is 0 Å². The molecule has 0 aromatic carbocycles. The molecule has 0 aliphatic rings. The number of aliphatic carboxylic acids is 1. The second kappa shape index (κ2) is 6.62. The van der Waals surface area contributed by atoms with Crippen LogP contribution in [0.3, 0.4) is 0 Å². The van der Waals surface area contributed by atoms with Crippen LogP contribution < -0.4 is 5.32 Å². The summed E-state index contributed by atoms with van der Waals surface area (Å²) >= 11 is 0. The maximum atomic E-state index is 11.8. The Hall–Kier alpha value is -1.06. The summed E-state index contributed by atoms with van der Waals surface area (Å²) in [7, 11) is 0. The van der Waals surface area contributed by atoms with Crippen LogP contribution in [-0.4, -0.2) is 23.5 Å². The third-order valence-electron chi connectivity index (χ3n) is 3.82. The molecule has 0 heterocycles. The molecule has 2 N–H and O–H groups in total. The van der Waals surface area contributed by atoms with Gasteiger partial charge < -0.3 is 10.4 Å². The van der Waals surface area contributed by atoms with Gasteiger partial charge in [-0.05, 0) is 18.8 Å². The third kappa shape index (κ3) is 4.02. The van der Waals surface area contributed by atoms with Crippen molar-refractivity contribution in [3.63, 3.8) is 0 Å². The van der Waals surface area contributed by atoms with Crippen molar-refractivity contribution >= 4 is 11.9 Å². The van der Waals surface area contributed by atoms with Crippen LogP contribution in [0.2, 0.25) is 0 Å². The molecule has 0 aliphatic carbocycles. The number of rotatable bonds is 7. The summed E-state index contributed by atoms with van der Waals surface area (Å²) < 4.78 is 0. The molecular weight excluding hydrogens is 218 g/mol. The Morgan fingerprint density at radius 1 is 1.18 bits per heavy atom. The highest BCUT2D eigenvalue weighted by molar-refractivity contribution is 5.80. The van der Waals surface area contributed by atoms with Crippen LogP contribution in [0.1, 0.15) is 47.5 Å². The lowest BCUT2D eigenvalue weighted by molar-refractivity contribution is -0.149. The number of hydrogen-bond donors (Lipinski definition) is 2. The maximum Gasteiger partial charge on any atom is 0.311 e. The van der Waals surface area contributed by atoms with Gasteiger partial charge in [-0.3, -0.25) is 9.59 Å². The van der Waals surface area contributed by atoms with Crippen molar-refractivity contribution < 1.29 is 14.7 Å². The van der Waals surface area contributed by atoms with E-state index in [0.29, 0.717) is 12.8 Å². The van der Waals surface area contributed by atoms with Gasteiger partial charge in [0.2, 0.25) is 5.91 Å². The van der Waals surface area contributed by atoms with E-state index in [1.54, 1.807) is 0 Å². The second-order valence-corrected chi connectivity index (χ2v) is 5.04. The van der Waals surface area contributed by atoms with Crippen LogP contribution in [0.15, 0.2) is 0 Å². The monoisotopic (exact) mass is 243 g/mol. The first-order valence-corrected chi connectivity index (χ1v) is 6.31. The largest absolute Gasteiger partial charge is 0.481 e. The molecule has 0 radical (unpaired) electrons. The Bertz CT molecular complexity index is 270. The Kier molecular flexibility index (Phi) is 6.21. The minimum absolute atomic E-state index is 0.0625. The summed E-state index contributed by atoms with van der Waals surface area (Å²) in [5.74, 6) is -0.722. The van der Waals surface area contributed by atoms with Crippen LogP contribution in [0, 0.1) is 17.3 Å². The number of carboxylic acid groups (broad SMARTS) is 1. The first kappa shape index (κ1) is 15.9. The van der Waals surface area contributed by atoms with Gasteiger partial charge in [-0.25, -0.2) is 0 Å². The van der Waals surface area contributed by atoms with E-state index in [0.717, 1.165) is 0 Å². The minimum Gasteiger partial charge on any atom is -0.481 e. The van der Waals surface area contributed by atoms with Crippen LogP contribution in [0.5, 0.6) is 0 Å². The first-order chi connectivity index (χ1) is 7.80. The summed E-state index contributed by atoms with van der Waals surface area (Å²) in [5.41, 5.74) is -0.827. The molecule has 4 nitrogen and oxygen atoms in total. The Morgan fingerprint density at radius 3 is 1.94 bits per heavy atom. The van der Waals surface area contributed by atoms with E-state index in [4.69, 9.17) is 0 Å². The lowest BCUT2D eigenvalue weighted by atomic mass is 9.82. The summed E-state index contributed by atoms with van der Waals surface area (Å²) in [4.78, 5) is 23.0. The fraction of sp³-hybridized carbons (Fsp3) is 0.846. The summed E-state index contributed by atoms with van der Waals surface area (Å²) in [6, 6.07) is 0. The predicted octanol–water partition coefficient (Wildman–Crippen LogP) is 2.29. The van der Waals surface area contributed by atoms with E-state index in [1.807, 2.05) is 34.6 Å². The quantitative estimate of drug-likeness (QED) is 0.721. The zero-order valence-electron chi connectivity index (χ0n) is 11.5. The van der Waals surface area contributed by atoms with Crippen LogP contribution in [0.25, 0.3) is 0 Å². The molecule has 4 heteroatoms. The van der Waals surface area contributed by atoms with Crippen LogP contribution in [-0.2, 0) is 9.59 Å². The van der Waals surface area contributed by atoms with Crippen molar-refractivity contribution in [2.24, 2.45) is 17.3 Å².